The summed E-state index contributed by atoms with van der Waals surface area (Å²) in [7, 11) is 0. The lowest BCUT2D eigenvalue weighted by atomic mass is 9.78. The highest BCUT2D eigenvalue weighted by Crippen LogP contribution is 2.27. The summed E-state index contributed by atoms with van der Waals surface area (Å²) in [4.78, 5) is 0. The van der Waals surface area contributed by atoms with Crippen molar-refractivity contribution >= 4 is 0 Å². The van der Waals surface area contributed by atoms with Crippen molar-refractivity contribution in [3.63, 3.8) is 0 Å². The van der Waals surface area contributed by atoms with Gasteiger partial charge in [0.05, 0.1) is 13.2 Å². The van der Waals surface area contributed by atoms with Gasteiger partial charge in [-0.25, -0.2) is 0 Å². The monoisotopic (exact) mass is 235 g/mol. The number of nitrogens with one attached hydrogen (secondary N) is 1. The maximum absolute atomic E-state index is 9.29. The molecule has 3 heteroatoms. The molecular formula is C14H21NO2. The average molecular weight is 235 g/mol. The predicted octanol–water partition coefficient (Wildman–Crippen LogP) is 1.57. The van der Waals surface area contributed by atoms with Gasteiger partial charge < -0.3 is 15.2 Å². The molecular weight excluding hydrogens is 214 g/mol. The Morgan fingerprint density at radius 3 is 2.59 bits per heavy atom. The van der Waals surface area contributed by atoms with Crippen molar-refractivity contribution in [3.05, 3.63) is 35.9 Å². The van der Waals surface area contributed by atoms with Crippen LogP contribution in [0, 0.1) is 5.41 Å². The Labute approximate surface area is 103 Å². The van der Waals surface area contributed by atoms with Crippen LogP contribution in [0.15, 0.2) is 30.3 Å². The molecule has 0 unspecified atom stereocenters. The van der Waals surface area contributed by atoms with E-state index < -0.39 is 0 Å². The summed E-state index contributed by atoms with van der Waals surface area (Å²) < 4.78 is 5.63. The van der Waals surface area contributed by atoms with Crippen LogP contribution in [0.4, 0.5) is 0 Å². The van der Waals surface area contributed by atoms with E-state index in [1.807, 2.05) is 18.2 Å². The van der Waals surface area contributed by atoms with Gasteiger partial charge in [-0.2, -0.15) is 0 Å². The number of rotatable bonds is 7. The molecule has 2 rings (SSSR count). The molecule has 2 N–H and O–H groups in total. The van der Waals surface area contributed by atoms with Crippen LogP contribution >= 0.6 is 0 Å². The van der Waals surface area contributed by atoms with Crippen molar-refractivity contribution in [2.24, 2.45) is 5.41 Å². The number of aliphatic hydroxyl groups excluding tert-OH is 1. The normalized spacial score (nSPS) is 17.7. The molecule has 0 radical (unpaired) electrons. The van der Waals surface area contributed by atoms with E-state index in [1.54, 1.807) is 0 Å². The maximum Gasteiger partial charge on any atom is 0.0716 e. The summed E-state index contributed by atoms with van der Waals surface area (Å²) in [6.45, 7) is 3.64. The average Bonchev–Trinajstić information content (AvgIpc) is 2.33. The van der Waals surface area contributed by atoms with Gasteiger partial charge in [0, 0.05) is 25.1 Å². The van der Waals surface area contributed by atoms with E-state index in [-0.39, 0.29) is 5.41 Å². The van der Waals surface area contributed by atoms with E-state index in [0.717, 1.165) is 32.5 Å². The molecule has 1 aromatic carbocycles. The minimum atomic E-state index is 0.135. The number of ether oxygens (including phenoxy) is 1. The molecule has 0 amide bonds. The zero-order valence-electron chi connectivity index (χ0n) is 10.2. The molecule has 1 aliphatic rings. The Balaban J connectivity index is 1.58. The van der Waals surface area contributed by atoms with E-state index in [2.05, 4.69) is 17.4 Å². The Kier molecular flexibility index (Phi) is 4.54. The van der Waals surface area contributed by atoms with Crippen LogP contribution in [-0.2, 0) is 11.3 Å². The van der Waals surface area contributed by atoms with Gasteiger partial charge in [0.2, 0.25) is 0 Å². The quantitative estimate of drug-likeness (QED) is 0.705. The maximum atomic E-state index is 9.29. The van der Waals surface area contributed by atoms with Crippen molar-refractivity contribution in [2.75, 3.05) is 26.3 Å². The Morgan fingerprint density at radius 2 is 2.00 bits per heavy atom. The fourth-order valence-corrected chi connectivity index (χ4v) is 2.16. The lowest BCUT2D eigenvalue weighted by molar-refractivity contribution is 0.0419. The van der Waals surface area contributed by atoms with Gasteiger partial charge in [-0.15, -0.1) is 0 Å². The molecule has 1 aliphatic heterocycles. The molecule has 0 atom stereocenters. The van der Waals surface area contributed by atoms with Gasteiger partial charge in [-0.05, 0) is 18.4 Å². The minimum absolute atomic E-state index is 0.135. The fraction of sp³-hybridized carbons (Fsp3) is 0.571. The van der Waals surface area contributed by atoms with Gasteiger partial charge in [0.15, 0.2) is 0 Å². The highest BCUT2D eigenvalue weighted by molar-refractivity contribution is 5.13. The molecule has 94 valence electrons. The van der Waals surface area contributed by atoms with Crippen LogP contribution in [0.25, 0.3) is 0 Å². The molecule has 1 aromatic rings. The molecule has 1 fully saturated rings. The van der Waals surface area contributed by atoms with Crippen molar-refractivity contribution in [1.82, 2.24) is 5.32 Å². The standard InChI is InChI=1S/C14H21NO2/c16-12-14(10-15-11-14)7-4-8-17-9-13-5-2-1-3-6-13/h1-3,5-6,15-16H,4,7-12H2. The summed E-state index contributed by atoms with van der Waals surface area (Å²) in [6.07, 6.45) is 2.07. The van der Waals surface area contributed by atoms with Gasteiger partial charge >= 0.3 is 0 Å². The second-order valence-corrected chi connectivity index (χ2v) is 4.90. The van der Waals surface area contributed by atoms with E-state index in [9.17, 15) is 5.11 Å². The first-order valence-corrected chi connectivity index (χ1v) is 6.28. The van der Waals surface area contributed by atoms with Crippen molar-refractivity contribution in [2.45, 2.75) is 19.4 Å². The lowest BCUT2D eigenvalue weighted by Gasteiger charge is -2.41. The Hall–Kier alpha value is -0.900. The highest BCUT2D eigenvalue weighted by atomic mass is 16.5. The zero-order valence-corrected chi connectivity index (χ0v) is 10.2. The Morgan fingerprint density at radius 1 is 1.24 bits per heavy atom. The molecule has 0 spiro atoms. The van der Waals surface area contributed by atoms with Crippen LogP contribution in [0.1, 0.15) is 18.4 Å². The van der Waals surface area contributed by atoms with Crippen LogP contribution in [0.2, 0.25) is 0 Å². The molecule has 0 aliphatic carbocycles. The minimum Gasteiger partial charge on any atom is -0.396 e. The zero-order chi connectivity index (χ0) is 12.0. The van der Waals surface area contributed by atoms with E-state index in [4.69, 9.17) is 4.74 Å². The molecule has 1 saturated heterocycles. The van der Waals surface area contributed by atoms with Gasteiger partial charge in [-0.3, -0.25) is 0 Å². The number of hydrogen-bond donors (Lipinski definition) is 2. The molecule has 0 saturated carbocycles. The predicted molar refractivity (Wildman–Crippen MR) is 67.7 cm³/mol. The van der Waals surface area contributed by atoms with E-state index >= 15 is 0 Å². The van der Waals surface area contributed by atoms with Gasteiger partial charge in [0.25, 0.3) is 0 Å². The summed E-state index contributed by atoms with van der Waals surface area (Å²) in [5.41, 5.74) is 1.35. The topological polar surface area (TPSA) is 41.5 Å². The van der Waals surface area contributed by atoms with Crippen LogP contribution in [0.5, 0.6) is 0 Å². The second kappa shape index (κ2) is 6.15. The molecule has 3 nitrogen and oxygen atoms in total. The molecule has 0 aromatic heterocycles. The third kappa shape index (κ3) is 3.53. The van der Waals surface area contributed by atoms with Crippen molar-refractivity contribution in [3.8, 4) is 0 Å². The molecule has 17 heavy (non-hydrogen) atoms. The first kappa shape index (κ1) is 12.6. The first-order chi connectivity index (χ1) is 8.35. The first-order valence-electron chi connectivity index (χ1n) is 6.28. The van der Waals surface area contributed by atoms with Crippen molar-refractivity contribution in [1.29, 1.82) is 0 Å². The fourth-order valence-electron chi connectivity index (χ4n) is 2.16. The van der Waals surface area contributed by atoms with Crippen LogP contribution in [-0.4, -0.2) is 31.4 Å². The lowest BCUT2D eigenvalue weighted by Crippen LogP contribution is -2.55. The largest absolute Gasteiger partial charge is 0.396 e. The third-order valence-corrected chi connectivity index (χ3v) is 3.44. The number of aliphatic hydroxyl groups is 1. The number of hydrogen-bond acceptors (Lipinski definition) is 3. The SMILES string of the molecule is OCC1(CCCOCc2ccccc2)CNC1. The smallest absolute Gasteiger partial charge is 0.0716 e. The number of benzene rings is 1. The summed E-state index contributed by atoms with van der Waals surface area (Å²) in [5, 5.41) is 12.5. The van der Waals surface area contributed by atoms with Crippen LogP contribution in [0.3, 0.4) is 0 Å². The van der Waals surface area contributed by atoms with Gasteiger partial charge in [-0.1, -0.05) is 30.3 Å². The van der Waals surface area contributed by atoms with Gasteiger partial charge in [0.1, 0.15) is 0 Å². The van der Waals surface area contributed by atoms with E-state index in [1.165, 1.54) is 5.56 Å². The van der Waals surface area contributed by atoms with E-state index in [0.29, 0.717) is 13.2 Å². The van der Waals surface area contributed by atoms with Crippen LogP contribution < -0.4 is 5.32 Å². The highest BCUT2D eigenvalue weighted by Gasteiger charge is 2.35. The summed E-state index contributed by atoms with van der Waals surface area (Å²) in [6, 6.07) is 10.2. The summed E-state index contributed by atoms with van der Waals surface area (Å²) in [5.74, 6) is 0. The molecule has 1 heterocycles. The van der Waals surface area contributed by atoms with Crippen molar-refractivity contribution < 1.29 is 9.84 Å². The second-order valence-electron chi connectivity index (χ2n) is 4.90. The Bertz CT molecular complexity index is 317. The molecule has 0 bridgehead atoms. The third-order valence-electron chi connectivity index (χ3n) is 3.44. The summed E-state index contributed by atoms with van der Waals surface area (Å²) >= 11 is 0.